The highest BCUT2D eigenvalue weighted by Crippen LogP contribution is 2.15. The monoisotopic (exact) mass is 271 g/mol. The van der Waals surface area contributed by atoms with Crippen LogP contribution in [-0.2, 0) is 9.53 Å². The summed E-state index contributed by atoms with van der Waals surface area (Å²) < 4.78 is 5.44. The minimum atomic E-state index is -0.187. The van der Waals surface area contributed by atoms with Crippen LogP contribution in [0.15, 0.2) is 0 Å². The Labute approximate surface area is 113 Å². The summed E-state index contributed by atoms with van der Waals surface area (Å²) in [7, 11) is 0. The Hall–Kier alpha value is -0.720. The van der Waals surface area contributed by atoms with Crippen molar-refractivity contribution in [1.82, 2.24) is 9.80 Å². The maximum absolute atomic E-state index is 12.1. The highest BCUT2D eigenvalue weighted by atomic mass is 32.1. The molecule has 6 heteroatoms. The van der Waals surface area contributed by atoms with Crippen molar-refractivity contribution in [3.05, 3.63) is 0 Å². The van der Waals surface area contributed by atoms with E-state index in [1.165, 1.54) is 0 Å². The van der Waals surface area contributed by atoms with Gasteiger partial charge in [0.25, 0.3) is 5.91 Å². The Morgan fingerprint density at radius 1 is 1.33 bits per heavy atom. The molecule has 2 saturated heterocycles. The second-order valence-corrected chi connectivity index (χ2v) is 5.41. The highest BCUT2D eigenvalue weighted by Gasteiger charge is 2.30. The van der Waals surface area contributed by atoms with Crippen molar-refractivity contribution in [3.8, 4) is 0 Å². The van der Waals surface area contributed by atoms with E-state index in [-0.39, 0.29) is 12.0 Å². The lowest BCUT2D eigenvalue weighted by Gasteiger charge is -2.35. The molecule has 2 rings (SSSR count). The third-order valence-corrected chi connectivity index (χ3v) is 3.77. The van der Waals surface area contributed by atoms with Crippen LogP contribution in [0.1, 0.15) is 19.3 Å². The van der Waals surface area contributed by atoms with E-state index in [2.05, 4.69) is 4.90 Å². The van der Waals surface area contributed by atoms with E-state index in [1.807, 2.05) is 4.90 Å². The van der Waals surface area contributed by atoms with Gasteiger partial charge in [0, 0.05) is 45.8 Å². The molecular weight excluding hydrogens is 250 g/mol. The van der Waals surface area contributed by atoms with Gasteiger partial charge in [-0.3, -0.25) is 9.69 Å². The van der Waals surface area contributed by atoms with Crippen molar-refractivity contribution in [2.75, 3.05) is 39.3 Å². The quantitative estimate of drug-likeness (QED) is 0.729. The Bertz CT molecular complexity index is 310. The Balaban J connectivity index is 1.72. The molecule has 2 aliphatic heterocycles. The molecule has 0 saturated carbocycles. The van der Waals surface area contributed by atoms with E-state index in [0.717, 1.165) is 58.6 Å². The third-order valence-electron chi connectivity index (χ3n) is 3.56. The van der Waals surface area contributed by atoms with Crippen LogP contribution in [0.5, 0.6) is 0 Å². The summed E-state index contributed by atoms with van der Waals surface area (Å²) in [6.07, 6.45) is 2.45. The van der Waals surface area contributed by atoms with Crippen molar-refractivity contribution >= 4 is 23.1 Å². The number of hydrogen-bond acceptors (Lipinski definition) is 4. The lowest BCUT2D eigenvalue weighted by atomic mass is 10.2. The van der Waals surface area contributed by atoms with Crippen molar-refractivity contribution in [1.29, 1.82) is 0 Å². The van der Waals surface area contributed by atoms with E-state index >= 15 is 0 Å². The van der Waals surface area contributed by atoms with Crippen molar-refractivity contribution in [2.45, 2.75) is 25.4 Å². The van der Waals surface area contributed by atoms with Crippen LogP contribution in [-0.4, -0.2) is 66.1 Å². The van der Waals surface area contributed by atoms with Crippen LogP contribution < -0.4 is 5.73 Å². The van der Waals surface area contributed by atoms with Crippen LogP contribution in [0.25, 0.3) is 0 Å². The summed E-state index contributed by atoms with van der Waals surface area (Å²) >= 11 is 4.87. The molecule has 2 fully saturated rings. The van der Waals surface area contributed by atoms with Gasteiger partial charge in [0.2, 0.25) is 0 Å². The number of piperazine rings is 1. The molecule has 18 heavy (non-hydrogen) atoms. The molecular formula is C12H21N3O2S. The van der Waals surface area contributed by atoms with E-state index in [1.54, 1.807) is 0 Å². The summed E-state index contributed by atoms with van der Waals surface area (Å²) in [4.78, 5) is 16.9. The fraction of sp³-hybridized carbons (Fsp3) is 0.833. The average Bonchev–Trinajstić information content (AvgIpc) is 2.90. The maximum Gasteiger partial charge on any atom is 0.251 e. The number of nitrogens with zero attached hydrogens (tertiary/aromatic N) is 2. The maximum atomic E-state index is 12.1. The van der Waals surface area contributed by atoms with E-state index in [0.29, 0.717) is 4.99 Å². The van der Waals surface area contributed by atoms with E-state index < -0.39 is 0 Å². The number of nitrogens with two attached hydrogens (primary N) is 1. The zero-order chi connectivity index (χ0) is 13.0. The van der Waals surface area contributed by atoms with Crippen LogP contribution in [0.4, 0.5) is 0 Å². The predicted molar refractivity (Wildman–Crippen MR) is 73.4 cm³/mol. The Kier molecular flexibility index (Phi) is 4.91. The number of thiocarbonyl (C=S) groups is 1. The molecule has 0 aromatic heterocycles. The molecule has 102 valence electrons. The van der Waals surface area contributed by atoms with Gasteiger partial charge in [-0.25, -0.2) is 0 Å². The smallest absolute Gasteiger partial charge is 0.251 e. The first kappa shape index (κ1) is 13.7. The number of carbonyl (C=O) groups excluding carboxylic acids is 1. The Morgan fingerprint density at radius 2 is 2.06 bits per heavy atom. The first-order chi connectivity index (χ1) is 8.66. The summed E-state index contributed by atoms with van der Waals surface area (Å²) in [6.45, 7) is 5.01. The van der Waals surface area contributed by atoms with Gasteiger partial charge in [-0.2, -0.15) is 0 Å². The standard InChI is InChI=1S/C12H21N3O2S/c13-11(18)3-4-14-5-7-15(8-6-14)12(16)10-2-1-9-17-10/h10H,1-9H2,(H2,13,18). The minimum Gasteiger partial charge on any atom is -0.393 e. The fourth-order valence-electron chi connectivity index (χ4n) is 2.44. The van der Waals surface area contributed by atoms with Crippen LogP contribution in [0.3, 0.4) is 0 Å². The summed E-state index contributed by atoms with van der Waals surface area (Å²) in [5.74, 6) is 0.168. The van der Waals surface area contributed by atoms with Gasteiger partial charge in [-0.1, -0.05) is 12.2 Å². The normalized spacial score (nSPS) is 25.3. The molecule has 5 nitrogen and oxygen atoms in total. The molecule has 1 amide bonds. The van der Waals surface area contributed by atoms with Crippen LogP contribution in [0.2, 0.25) is 0 Å². The number of hydrogen-bond donors (Lipinski definition) is 1. The third kappa shape index (κ3) is 3.63. The van der Waals surface area contributed by atoms with Crippen LogP contribution >= 0.6 is 12.2 Å². The van der Waals surface area contributed by atoms with Gasteiger partial charge in [-0.05, 0) is 12.8 Å². The zero-order valence-electron chi connectivity index (χ0n) is 10.6. The second kappa shape index (κ2) is 6.45. The number of ether oxygens (including phenoxy) is 1. The average molecular weight is 271 g/mol. The molecule has 2 aliphatic rings. The molecule has 0 aromatic carbocycles. The van der Waals surface area contributed by atoms with Gasteiger partial charge in [0.1, 0.15) is 6.10 Å². The summed E-state index contributed by atoms with van der Waals surface area (Å²) in [5.41, 5.74) is 5.49. The minimum absolute atomic E-state index is 0.168. The van der Waals surface area contributed by atoms with Crippen molar-refractivity contribution in [2.24, 2.45) is 5.73 Å². The molecule has 0 aliphatic carbocycles. The molecule has 0 bridgehead atoms. The number of amides is 1. The molecule has 0 spiro atoms. The first-order valence-corrected chi connectivity index (χ1v) is 6.98. The zero-order valence-corrected chi connectivity index (χ0v) is 11.5. The molecule has 1 unspecified atom stereocenters. The SMILES string of the molecule is NC(=S)CCN1CCN(C(=O)C2CCCO2)CC1. The predicted octanol–water partition coefficient (Wildman–Crippen LogP) is -0.0142. The van der Waals surface area contributed by atoms with Crippen molar-refractivity contribution < 1.29 is 9.53 Å². The summed E-state index contributed by atoms with van der Waals surface area (Å²) in [6, 6.07) is 0. The van der Waals surface area contributed by atoms with E-state index in [9.17, 15) is 4.79 Å². The number of rotatable bonds is 4. The largest absolute Gasteiger partial charge is 0.393 e. The van der Waals surface area contributed by atoms with Gasteiger partial charge in [0.05, 0.1) is 4.99 Å². The topological polar surface area (TPSA) is 58.8 Å². The lowest BCUT2D eigenvalue weighted by molar-refractivity contribution is -0.142. The Morgan fingerprint density at radius 3 is 2.61 bits per heavy atom. The fourth-order valence-corrected chi connectivity index (χ4v) is 2.53. The molecule has 0 aromatic rings. The lowest BCUT2D eigenvalue weighted by Crippen LogP contribution is -2.51. The summed E-state index contributed by atoms with van der Waals surface area (Å²) in [5, 5.41) is 0. The van der Waals surface area contributed by atoms with Gasteiger partial charge in [0.15, 0.2) is 0 Å². The first-order valence-electron chi connectivity index (χ1n) is 6.58. The van der Waals surface area contributed by atoms with E-state index in [4.69, 9.17) is 22.7 Å². The highest BCUT2D eigenvalue weighted by molar-refractivity contribution is 7.80. The van der Waals surface area contributed by atoms with Crippen molar-refractivity contribution in [3.63, 3.8) is 0 Å². The van der Waals surface area contributed by atoms with Gasteiger partial charge >= 0.3 is 0 Å². The number of carbonyl (C=O) groups is 1. The molecule has 2 N–H and O–H groups in total. The second-order valence-electron chi connectivity index (χ2n) is 4.88. The van der Waals surface area contributed by atoms with Gasteiger partial charge in [-0.15, -0.1) is 0 Å². The molecule has 0 radical (unpaired) electrons. The van der Waals surface area contributed by atoms with Gasteiger partial charge < -0.3 is 15.4 Å². The van der Waals surface area contributed by atoms with Crippen LogP contribution in [0, 0.1) is 0 Å². The molecule has 1 atom stereocenters. The molecule has 2 heterocycles.